The van der Waals surface area contributed by atoms with E-state index in [9.17, 15) is 18.7 Å². The molecular formula is C16H14ClF2NO2. The Kier molecular flexibility index (Phi) is 4.78. The van der Waals surface area contributed by atoms with Gasteiger partial charge < -0.3 is 10.4 Å². The molecule has 0 aliphatic heterocycles. The average Bonchev–Trinajstić information content (AvgIpc) is 2.48. The number of halogens is 3. The highest BCUT2D eigenvalue weighted by Crippen LogP contribution is 2.21. The Bertz CT molecular complexity index is 687. The number of carbonyl (C=O) groups is 1. The molecule has 6 heteroatoms. The Morgan fingerprint density at radius 3 is 2.41 bits per heavy atom. The third kappa shape index (κ3) is 3.81. The summed E-state index contributed by atoms with van der Waals surface area (Å²) in [6.07, 6.45) is 0. The van der Waals surface area contributed by atoms with Gasteiger partial charge in [0.1, 0.15) is 5.60 Å². The topological polar surface area (TPSA) is 49.3 Å². The molecule has 1 amide bonds. The zero-order chi connectivity index (χ0) is 16.3. The van der Waals surface area contributed by atoms with Crippen molar-refractivity contribution in [3.63, 3.8) is 0 Å². The van der Waals surface area contributed by atoms with Crippen LogP contribution >= 0.6 is 11.6 Å². The van der Waals surface area contributed by atoms with Crippen molar-refractivity contribution < 1.29 is 18.7 Å². The minimum atomic E-state index is -1.32. The van der Waals surface area contributed by atoms with Gasteiger partial charge in [-0.1, -0.05) is 23.7 Å². The molecule has 0 aliphatic carbocycles. The van der Waals surface area contributed by atoms with Crippen molar-refractivity contribution in [2.24, 2.45) is 0 Å². The maximum atomic E-state index is 13.1. The van der Waals surface area contributed by atoms with Crippen molar-refractivity contribution in [1.29, 1.82) is 0 Å². The molecule has 0 radical (unpaired) electrons. The normalized spacial score (nSPS) is 13.5. The molecule has 116 valence electrons. The van der Waals surface area contributed by atoms with Gasteiger partial charge >= 0.3 is 0 Å². The smallest absolute Gasteiger partial charge is 0.251 e. The number of nitrogens with one attached hydrogen (secondary N) is 1. The summed E-state index contributed by atoms with van der Waals surface area (Å²) < 4.78 is 25.9. The van der Waals surface area contributed by atoms with Crippen LogP contribution in [0.15, 0.2) is 42.5 Å². The van der Waals surface area contributed by atoms with Crippen LogP contribution in [-0.4, -0.2) is 17.6 Å². The van der Waals surface area contributed by atoms with Gasteiger partial charge in [0.25, 0.3) is 5.91 Å². The Balaban J connectivity index is 2.06. The van der Waals surface area contributed by atoms with Gasteiger partial charge in [0.2, 0.25) is 0 Å². The Morgan fingerprint density at radius 2 is 1.82 bits per heavy atom. The first-order valence-corrected chi connectivity index (χ1v) is 6.89. The molecule has 0 bridgehead atoms. The minimum Gasteiger partial charge on any atom is -0.384 e. The van der Waals surface area contributed by atoms with E-state index in [1.165, 1.54) is 13.0 Å². The molecule has 0 saturated carbocycles. The van der Waals surface area contributed by atoms with E-state index < -0.39 is 23.1 Å². The van der Waals surface area contributed by atoms with Crippen LogP contribution in [0.1, 0.15) is 22.8 Å². The summed E-state index contributed by atoms with van der Waals surface area (Å²) in [6.45, 7) is 1.44. The molecule has 0 aromatic heterocycles. The lowest BCUT2D eigenvalue weighted by Gasteiger charge is -2.24. The van der Waals surface area contributed by atoms with Crippen LogP contribution in [0.4, 0.5) is 8.78 Å². The standard InChI is InChI=1S/C16H14ClF2NO2/c1-16(22,11-3-5-12(17)6-4-11)9-20-15(21)10-2-7-13(18)14(19)8-10/h2-8,22H,9H2,1H3,(H,20,21). The van der Waals surface area contributed by atoms with E-state index >= 15 is 0 Å². The van der Waals surface area contributed by atoms with Crippen LogP contribution < -0.4 is 5.32 Å². The number of hydrogen-bond donors (Lipinski definition) is 2. The number of amides is 1. The molecule has 2 N–H and O–H groups in total. The highest BCUT2D eigenvalue weighted by atomic mass is 35.5. The van der Waals surface area contributed by atoms with Crippen LogP contribution in [0, 0.1) is 11.6 Å². The number of rotatable bonds is 4. The molecular weight excluding hydrogens is 312 g/mol. The first-order chi connectivity index (χ1) is 10.3. The lowest BCUT2D eigenvalue weighted by molar-refractivity contribution is 0.0526. The fraction of sp³-hybridized carbons (Fsp3) is 0.188. The largest absolute Gasteiger partial charge is 0.384 e. The van der Waals surface area contributed by atoms with E-state index in [0.29, 0.717) is 10.6 Å². The summed E-state index contributed by atoms with van der Waals surface area (Å²) >= 11 is 5.78. The van der Waals surface area contributed by atoms with E-state index in [4.69, 9.17) is 11.6 Å². The molecule has 0 saturated heterocycles. The lowest BCUT2D eigenvalue weighted by Crippen LogP contribution is -2.38. The zero-order valence-electron chi connectivity index (χ0n) is 11.7. The van der Waals surface area contributed by atoms with Gasteiger partial charge in [0.05, 0.1) is 6.54 Å². The van der Waals surface area contributed by atoms with Crippen molar-refractivity contribution in [2.45, 2.75) is 12.5 Å². The van der Waals surface area contributed by atoms with E-state index in [0.717, 1.165) is 12.1 Å². The van der Waals surface area contributed by atoms with Gasteiger partial charge in [0, 0.05) is 10.6 Å². The molecule has 0 heterocycles. The molecule has 1 unspecified atom stereocenters. The maximum absolute atomic E-state index is 13.1. The van der Waals surface area contributed by atoms with Crippen LogP contribution in [0.2, 0.25) is 5.02 Å². The minimum absolute atomic E-state index is 0.0224. The lowest BCUT2D eigenvalue weighted by atomic mass is 9.96. The van der Waals surface area contributed by atoms with Crippen LogP contribution in [0.3, 0.4) is 0 Å². The van der Waals surface area contributed by atoms with Gasteiger partial charge in [-0.3, -0.25) is 4.79 Å². The van der Waals surface area contributed by atoms with Crippen molar-refractivity contribution in [1.82, 2.24) is 5.32 Å². The second-order valence-corrected chi connectivity index (χ2v) is 5.53. The summed E-state index contributed by atoms with van der Waals surface area (Å²) in [5.74, 6) is -2.73. The van der Waals surface area contributed by atoms with Crippen molar-refractivity contribution in [2.75, 3.05) is 6.54 Å². The predicted molar refractivity (Wildman–Crippen MR) is 79.7 cm³/mol. The second kappa shape index (κ2) is 6.42. The van der Waals surface area contributed by atoms with Gasteiger partial charge in [-0.15, -0.1) is 0 Å². The maximum Gasteiger partial charge on any atom is 0.251 e. The Morgan fingerprint density at radius 1 is 1.18 bits per heavy atom. The molecule has 0 spiro atoms. The van der Waals surface area contributed by atoms with E-state index in [1.54, 1.807) is 24.3 Å². The molecule has 0 fully saturated rings. The molecule has 2 rings (SSSR count). The Hall–Kier alpha value is -1.98. The molecule has 1 atom stereocenters. The fourth-order valence-corrected chi connectivity index (χ4v) is 2.03. The number of benzene rings is 2. The summed E-state index contributed by atoms with van der Waals surface area (Å²) in [7, 11) is 0. The second-order valence-electron chi connectivity index (χ2n) is 5.09. The van der Waals surface area contributed by atoms with Crippen LogP contribution in [-0.2, 0) is 5.60 Å². The van der Waals surface area contributed by atoms with Gasteiger partial charge in [0.15, 0.2) is 11.6 Å². The first-order valence-electron chi connectivity index (χ1n) is 6.51. The van der Waals surface area contributed by atoms with Crippen LogP contribution in [0.5, 0.6) is 0 Å². The van der Waals surface area contributed by atoms with E-state index in [-0.39, 0.29) is 12.1 Å². The van der Waals surface area contributed by atoms with Crippen molar-refractivity contribution in [3.05, 3.63) is 70.2 Å². The number of hydrogen-bond acceptors (Lipinski definition) is 2. The molecule has 2 aromatic carbocycles. The third-order valence-corrected chi connectivity index (χ3v) is 3.49. The van der Waals surface area contributed by atoms with Crippen molar-refractivity contribution >= 4 is 17.5 Å². The SMILES string of the molecule is CC(O)(CNC(=O)c1ccc(F)c(F)c1)c1ccc(Cl)cc1. The average molecular weight is 326 g/mol. The number of aliphatic hydroxyl groups is 1. The molecule has 0 aliphatic rings. The number of carbonyl (C=O) groups excluding carboxylic acids is 1. The first kappa shape index (κ1) is 16.4. The summed E-state index contributed by atoms with van der Waals surface area (Å²) in [6, 6.07) is 9.40. The highest BCUT2D eigenvalue weighted by Gasteiger charge is 2.24. The van der Waals surface area contributed by atoms with Crippen LogP contribution in [0.25, 0.3) is 0 Å². The molecule has 3 nitrogen and oxygen atoms in total. The van der Waals surface area contributed by atoms with Gasteiger partial charge in [-0.25, -0.2) is 8.78 Å². The summed E-state index contributed by atoms with van der Waals surface area (Å²) in [4.78, 5) is 11.9. The van der Waals surface area contributed by atoms with Crippen molar-refractivity contribution in [3.8, 4) is 0 Å². The summed E-state index contributed by atoms with van der Waals surface area (Å²) in [5.41, 5.74) is -0.771. The molecule has 2 aromatic rings. The van der Waals surface area contributed by atoms with Gasteiger partial charge in [-0.05, 0) is 42.8 Å². The van der Waals surface area contributed by atoms with E-state index in [2.05, 4.69) is 5.32 Å². The zero-order valence-corrected chi connectivity index (χ0v) is 12.5. The quantitative estimate of drug-likeness (QED) is 0.906. The molecule has 22 heavy (non-hydrogen) atoms. The fourth-order valence-electron chi connectivity index (χ4n) is 1.90. The van der Waals surface area contributed by atoms with E-state index in [1.807, 2.05) is 0 Å². The monoisotopic (exact) mass is 325 g/mol. The highest BCUT2D eigenvalue weighted by molar-refractivity contribution is 6.30. The Labute approximate surface area is 131 Å². The summed E-state index contributed by atoms with van der Waals surface area (Å²) in [5, 5.41) is 13.4. The third-order valence-electron chi connectivity index (χ3n) is 3.24. The van der Waals surface area contributed by atoms with Gasteiger partial charge in [-0.2, -0.15) is 0 Å². The predicted octanol–water partition coefficient (Wildman–Crippen LogP) is 3.26.